The molecule has 3 aliphatic rings. The summed E-state index contributed by atoms with van der Waals surface area (Å²) in [6.07, 6.45) is 9.46. The SMILES string of the molecule is NC1CC(OCC2CCCO2)C12CCCC2. The highest BCUT2D eigenvalue weighted by molar-refractivity contribution is 5.08. The van der Waals surface area contributed by atoms with Crippen LogP contribution in [0.15, 0.2) is 0 Å². The Morgan fingerprint density at radius 1 is 1.25 bits per heavy atom. The van der Waals surface area contributed by atoms with E-state index in [0.717, 1.165) is 19.6 Å². The molecule has 1 aliphatic heterocycles. The molecule has 3 rings (SSSR count). The highest BCUT2D eigenvalue weighted by atomic mass is 16.5. The molecule has 16 heavy (non-hydrogen) atoms. The molecule has 3 atom stereocenters. The van der Waals surface area contributed by atoms with E-state index >= 15 is 0 Å². The van der Waals surface area contributed by atoms with E-state index in [0.29, 0.717) is 23.7 Å². The molecular weight excluding hydrogens is 202 g/mol. The van der Waals surface area contributed by atoms with Gasteiger partial charge in [-0.25, -0.2) is 0 Å². The van der Waals surface area contributed by atoms with Gasteiger partial charge in [0.1, 0.15) is 0 Å². The molecule has 0 radical (unpaired) electrons. The van der Waals surface area contributed by atoms with Crippen molar-refractivity contribution >= 4 is 0 Å². The molecule has 92 valence electrons. The third-order valence-corrected chi connectivity index (χ3v) is 4.89. The summed E-state index contributed by atoms with van der Waals surface area (Å²) in [6.45, 7) is 1.71. The molecule has 2 saturated carbocycles. The van der Waals surface area contributed by atoms with Crippen molar-refractivity contribution in [2.45, 2.75) is 63.2 Å². The Labute approximate surface area is 97.7 Å². The van der Waals surface area contributed by atoms with Gasteiger partial charge in [0.25, 0.3) is 0 Å². The molecule has 3 fully saturated rings. The van der Waals surface area contributed by atoms with Crippen LogP contribution >= 0.6 is 0 Å². The number of nitrogens with two attached hydrogens (primary N) is 1. The van der Waals surface area contributed by atoms with Gasteiger partial charge in [-0.3, -0.25) is 0 Å². The topological polar surface area (TPSA) is 44.5 Å². The van der Waals surface area contributed by atoms with Crippen LogP contribution in [0, 0.1) is 5.41 Å². The number of hydrogen-bond donors (Lipinski definition) is 1. The summed E-state index contributed by atoms with van der Waals surface area (Å²) < 4.78 is 11.7. The summed E-state index contributed by atoms with van der Waals surface area (Å²) in [5, 5.41) is 0. The van der Waals surface area contributed by atoms with Crippen molar-refractivity contribution in [1.82, 2.24) is 0 Å². The van der Waals surface area contributed by atoms with Gasteiger partial charge in [0, 0.05) is 18.1 Å². The molecule has 3 heteroatoms. The molecule has 0 aromatic heterocycles. The van der Waals surface area contributed by atoms with Crippen molar-refractivity contribution < 1.29 is 9.47 Å². The van der Waals surface area contributed by atoms with Crippen LogP contribution in [0.5, 0.6) is 0 Å². The number of rotatable bonds is 3. The standard InChI is InChI=1S/C13H23NO2/c14-11-8-12(13(11)5-1-2-6-13)16-9-10-4-3-7-15-10/h10-12H,1-9,14H2. The molecule has 1 heterocycles. The van der Waals surface area contributed by atoms with Gasteiger partial charge in [0.2, 0.25) is 0 Å². The summed E-state index contributed by atoms with van der Waals surface area (Å²) in [5.41, 5.74) is 6.53. The first-order valence-corrected chi connectivity index (χ1v) is 6.80. The minimum atomic E-state index is 0.346. The Morgan fingerprint density at radius 2 is 2.06 bits per heavy atom. The molecule has 0 aromatic rings. The fraction of sp³-hybridized carbons (Fsp3) is 1.00. The average molecular weight is 225 g/mol. The lowest BCUT2D eigenvalue weighted by atomic mass is 9.61. The molecule has 3 unspecified atom stereocenters. The average Bonchev–Trinajstić information content (AvgIpc) is 2.95. The van der Waals surface area contributed by atoms with Crippen molar-refractivity contribution in [1.29, 1.82) is 0 Å². The maximum absolute atomic E-state index is 6.18. The van der Waals surface area contributed by atoms with Crippen LogP contribution < -0.4 is 5.73 Å². The first kappa shape index (κ1) is 11.0. The zero-order chi connectivity index (χ0) is 11.0. The summed E-state index contributed by atoms with van der Waals surface area (Å²) in [7, 11) is 0. The second kappa shape index (κ2) is 4.28. The van der Waals surface area contributed by atoms with E-state index in [1.54, 1.807) is 0 Å². The molecule has 1 spiro atoms. The van der Waals surface area contributed by atoms with E-state index in [-0.39, 0.29) is 0 Å². The Hall–Kier alpha value is -0.120. The molecule has 2 N–H and O–H groups in total. The van der Waals surface area contributed by atoms with Crippen molar-refractivity contribution in [3.8, 4) is 0 Å². The van der Waals surface area contributed by atoms with Crippen LogP contribution in [0.1, 0.15) is 44.9 Å². The number of ether oxygens (including phenoxy) is 2. The highest BCUT2D eigenvalue weighted by Crippen LogP contribution is 2.53. The first-order chi connectivity index (χ1) is 7.81. The van der Waals surface area contributed by atoms with Crippen LogP contribution in [-0.4, -0.2) is 31.5 Å². The van der Waals surface area contributed by atoms with E-state index in [2.05, 4.69) is 0 Å². The maximum atomic E-state index is 6.18. The molecule has 0 aromatic carbocycles. The molecule has 1 saturated heterocycles. The lowest BCUT2D eigenvalue weighted by Crippen LogP contribution is -2.61. The van der Waals surface area contributed by atoms with Gasteiger partial charge >= 0.3 is 0 Å². The summed E-state index contributed by atoms with van der Waals surface area (Å²) in [5.74, 6) is 0. The maximum Gasteiger partial charge on any atom is 0.0809 e. The van der Waals surface area contributed by atoms with E-state index < -0.39 is 0 Å². The van der Waals surface area contributed by atoms with Crippen molar-refractivity contribution in [2.75, 3.05) is 13.2 Å². The fourth-order valence-corrected chi connectivity index (χ4v) is 3.74. The van der Waals surface area contributed by atoms with Gasteiger partial charge in [-0.15, -0.1) is 0 Å². The molecular formula is C13H23NO2. The predicted molar refractivity (Wildman–Crippen MR) is 62.2 cm³/mol. The van der Waals surface area contributed by atoms with Gasteiger partial charge in [-0.05, 0) is 32.1 Å². The third-order valence-electron chi connectivity index (χ3n) is 4.89. The lowest BCUT2D eigenvalue weighted by molar-refractivity contribution is -0.141. The van der Waals surface area contributed by atoms with E-state index in [9.17, 15) is 0 Å². The number of hydrogen-bond acceptors (Lipinski definition) is 3. The summed E-state index contributed by atoms with van der Waals surface area (Å²) in [4.78, 5) is 0. The quantitative estimate of drug-likeness (QED) is 0.797. The molecule has 0 bridgehead atoms. The van der Waals surface area contributed by atoms with Crippen LogP contribution in [0.4, 0.5) is 0 Å². The van der Waals surface area contributed by atoms with Crippen LogP contribution in [0.3, 0.4) is 0 Å². The van der Waals surface area contributed by atoms with Crippen molar-refractivity contribution in [3.63, 3.8) is 0 Å². The van der Waals surface area contributed by atoms with Gasteiger partial charge in [-0.2, -0.15) is 0 Å². The smallest absolute Gasteiger partial charge is 0.0809 e. The highest BCUT2D eigenvalue weighted by Gasteiger charge is 2.55. The monoisotopic (exact) mass is 225 g/mol. The predicted octanol–water partition coefficient (Wildman–Crippen LogP) is 1.84. The summed E-state index contributed by atoms with van der Waals surface area (Å²) in [6, 6.07) is 0.393. The lowest BCUT2D eigenvalue weighted by Gasteiger charge is -2.52. The fourth-order valence-electron chi connectivity index (χ4n) is 3.74. The van der Waals surface area contributed by atoms with Gasteiger partial charge in [0.15, 0.2) is 0 Å². The minimum Gasteiger partial charge on any atom is -0.376 e. The van der Waals surface area contributed by atoms with Crippen LogP contribution in [0.25, 0.3) is 0 Å². The van der Waals surface area contributed by atoms with E-state index in [1.807, 2.05) is 0 Å². The van der Waals surface area contributed by atoms with Crippen LogP contribution in [-0.2, 0) is 9.47 Å². The Balaban J connectivity index is 1.51. The first-order valence-electron chi connectivity index (χ1n) is 6.80. The minimum absolute atomic E-state index is 0.346. The van der Waals surface area contributed by atoms with Gasteiger partial charge in [-0.1, -0.05) is 12.8 Å². The zero-order valence-corrected chi connectivity index (χ0v) is 9.99. The van der Waals surface area contributed by atoms with E-state index in [1.165, 1.54) is 38.5 Å². The Bertz CT molecular complexity index is 244. The van der Waals surface area contributed by atoms with Gasteiger partial charge < -0.3 is 15.2 Å². The zero-order valence-electron chi connectivity index (χ0n) is 9.99. The molecule has 3 nitrogen and oxygen atoms in total. The second-order valence-corrected chi connectivity index (χ2v) is 5.74. The normalized spacial score (nSPS) is 41.4. The molecule has 0 amide bonds. The third kappa shape index (κ3) is 1.69. The van der Waals surface area contributed by atoms with E-state index in [4.69, 9.17) is 15.2 Å². The van der Waals surface area contributed by atoms with Gasteiger partial charge in [0.05, 0.1) is 18.8 Å². The van der Waals surface area contributed by atoms with Crippen LogP contribution in [0.2, 0.25) is 0 Å². The summed E-state index contributed by atoms with van der Waals surface area (Å²) >= 11 is 0. The largest absolute Gasteiger partial charge is 0.376 e. The second-order valence-electron chi connectivity index (χ2n) is 5.74. The molecule has 2 aliphatic carbocycles. The van der Waals surface area contributed by atoms with Crippen molar-refractivity contribution in [2.24, 2.45) is 11.1 Å². The Morgan fingerprint density at radius 3 is 2.69 bits per heavy atom. The van der Waals surface area contributed by atoms with Crippen molar-refractivity contribution in [3.05, 3.63) is 0 Å². The Kier molecular flexibility index (Phi) is 2.94.